The largest absolute Gasteiger partial charge is 0.325 e. The van der Waals surface area contributed by atoms with Gasteiger partial charge in [-0.25, -0.2) is 4.68 Å². The Morgan fingerprint density at radius 1 is 1.14 bits per heavy atom. The maximum Gasteiger partial charge on any atom is 0.240 e. The number of aryl methyl sites for hydroxylation is 1. The Kier molecular flexibility index (Phi) is 3.61. The first kappa shape index (κ1) is 17.0. The van der Waals surface area contributed by atoms with Crippen LogP contribution in [-0.2, 0) is 21.5 Å². The molecule has 0 radical (unpaired) electrons. The second kappa shape index (κ2) is 5.94. The van der Waals surface area contributed by atoms with E-state index in [-0.39, 0.29) is 18.2 Å². The highest BCUT2D eigenvalue weighted by Crippen LogP contribution is 2.52. The Morgan fingerprint density at radius 3 is 2.71 bits per heavy atom. The normalized spacial score (nSPS) is 19.9. The second-order valence-electron chi connectivity index (χ2n) is 7.30. The fourth-order valence-electron chi connectivity index (χ4n) is 4.16. The van der Waals surface area contributed by atoms with Crippen LogP contribution in [0, 0.1) is 6.92 Å². The van der Waals surface area contributed by atoms with Gasteiger partial charge in [0, 0.05) is 28.3 Å². The molecule has 1 aromatic heterocycles. The van der Waals surface area contributed by atoms with Crippen LogP contribution < -0.4 is 10.6 Å². The molecule has 140 valence electrons. The van der Waals surface area contributed by atoms with Gasteiger partial charge in [-0.05, 0) is 24.6 Å². The van der Waals surface area contributed by atoms with E-state index in [0.29, 0.717) is 34.2 Å². The summed E-state index contributed by atoms with van der Waals surface area (Å²) in [5.74, 6) is 0.0578. The third-order valence-corrected chi connectivity index (χ3v) is 5.83. The van der Waals surface area contributed by atoms with E-state index in [1.54, 1.807) is 29.1 Å². The van der Waals surface area contributed by atoms with Crippen LogP contribution in [0.2, 0.25) is 5.02 Å². The molecule has 2 N–H and O–H groups in total. The van der Waals surface area contributed by atoms with Gasteiger partial charge in [-0.15, -0.1) is 0 Å². The van der Waals surface area contributed by atoms with Crippen molar-refractivity contribution in [3.05, 3.63) is 75.9 Å². The van der Waals surface area contributed by atoms with Crippen molar-refractivity contribution in [2.45, 2.75) is 25.3 Å². The van der Waals surface area contributed by atoms with E-state index in [9.17, 15) is 9.59 Å². The van der Waals surface area contributed by atoms with E-state index >= 15 is 0 Å². The molecule has 2 aliphatic heterocycles. The molecule has 2 aromatic carbocycles. The molecule has 7 heteroatoms. The van der Waals surface area contributed by atoms with Crippen LogP contribution in [-0.4, -0.2) is 21.6 Å². The Bertz CT molecular complexity index is 1140. The molecule has 0 aliphatic carbocycles. The number of nitrogens with one attached hydrogen (secondary N) is 2. The summed E-state index contributed by atoms with van der Waals surface area (Å²) < 4.78 is 1.72. The zero-order chi connectivity index (χ0) is 19.5. The fourth-order valence-corrected chi connectivity index (χ4v) is 4.49. The number of hydrogen-bond acceptors (Lipinski definition) is 3. The standard InChI is InChI=1S/C21H17ClN4O2/c1-12-5-7-13(8-6-12)11-26-19-14(10-23-26)21(9-17(27)25-19)18-15(22)3-2-4-16(18)24-20(21)28/h2-8,10H,9,11H2,1H3,(H,24,28)(H,25,27). The highest BCUT2D eigenvalue weighted by Gasteiger charge is 2.55. The van der Waals surface area contributed by atoms with Crippen molar-refractivity contribution in [3.63, 3.8) is 0 Å². The van der Waals surface area contributed by atoms with Gasteiger partial charge >= 0.3 is 0 Å². The summed E-state index contributed by atoms with van der Waals surface area (Å²) in [5, 5.41) is 10.7. The van der Waals surface area contributed by atoms with Crippen LogP contribution in [0.15, 0.2) is 48.7 Å². The first-order chi connectivity index (χ1) is 13.5. The monoisotopic (exact) mass is 392 g/mol. The number of aromatic nitrogens is 2. The summed E-state index contributed by atoms with van der Waals surface area (Å²) in [5.41, 5.74) is 3.03. The molecule has 1 spiro atoms. The average Bonchev–Trinajstić information content (AvgIpc) is 3.18. The lowest BCUT2D eigenvalue weighted by molar-refractivity contribution is -0.125. The van der Waals surface area contributed by atoms with Gasteiger partial charge in [0.2, 0.25) is 11.8 Å². The molecule has 0 fully saturated rings. The van der Waals surface area contributed by atoms with Gasteiger partial charge < -0.3 is 10.6 Å². The fraction of sp³-hybridized carbons (Fsp3) is 0.190. The second-order valence-corrected chi connectivity index (χ2v) is 7.70. The lowest BCUT2D eigenvalue weighted by Gasteiger charge is -2.32. The van der Waals surface area contributed by atoms with Gasteiger partial charge in [-0.3, -0.25) is 9.59 Å². The van der Waals surface area contributed by atoms with Crippen molar-refractivity contribution in [2.75, 3.05) is 10.6 Å². The quantitative estimate of drug-likeness (QED) is 0.701. The lowest BCUT2D eigenvalue weighted by atomic mass is 9.72. The highest BCUT2D eigenvalue weighted by molar-refractivity contribution is 6.33. The number of carbonyl (C=O) groups is 2. The molecule has 6 nitrogen and oxygen atoms in total. The maximum atomic E-state index is 13.1. The van der Waals surface area contributed by atoms with Gasteiger partial charge in [-0.2, -0.15) is 5.10 Å². The number of amides is 2. The van der Waals surface area contributed by atoms with Crippen LogP contribution in [0.5, 0.6) is 0 Å². The number of hydrogen-bond donors (Lipinski definition) is 2. The Morgan fingerprint density at radius 2 is 1.93 bits per heavy atom. The number of anilines is 2. The highest BCUT2D eigenvalue weighted by atomic mass is 35.5. The third-order valence-electron chi connectivity index (χ3n) is 5.51. The summed E-state index contributed by atoms with van der Waals surface area (Å²) in [6.45, 7) is 2.52. The minimum atomic E-state index is -1.16. The van der Waals surface area contributed by atoms with Gasteiger partial charge in [0.1, 0.15) is 11.2 Å². The molecule has 3 heterocycles. The minimum absolute atomic E-state index is 0.00120. The molecule has 2 aliphatic rings. The summed E-state index contributed by atoms with van der Waals surface area (Å²) in [6, 6.07) is 13.4. The van der Waals surface area contributed by atoms with Crippen molar-refractivity contribution in [1.29, 1.82) is 0 Å². The molecule has 5 rings (SSSR count). The molecule has 0 bridgehead atoms. The smallest absolute Gasteiger partial charge is 0.240 e. The first-order valence-corrected chi connectivity index (χ1v) is 9.39. The van der Waals surface area contributed by atoms with Crippen molar-refractivity contribution in [1.82, 2.24) is 9.78 Å². The SMILES string of the molecule is Cc1ccc(Cn2ncc3c2NC(=O)CC32C(=O)Nc3cccc(Cl)c32)cc1. The van der Waals surface area contributed by atoms with E-state index in [4.69, 9.17) is 11.6 Å². The topological polar surface area (TPSA) is 76.0 Å². The number of carbonyl (C=O) groups excluding carboxylic acids is 2. The number of rotatable bonds is 2. The van der Waals surface area contributed by atoms with Gasteiger partial charge in [-0.1, -0.05) is 47.5 Å². The molecule has 2 amide bonds. The summed E-state index contributed by atoms with van der Waals surface area (Å²) in [7, 11) is 0. The van der Waals surface area contributed by atoms with Crippen LogP contribution in [0.4, 0.5) is 11.5 Å². The van der Waals surface area contributed by atoms with Crippen molar-refractivity contribution >= 4 is 34.9 Å². The number of halogens is 1. The maximum absolute atomic E-state index is 13.1. The van der Waals surface area contributed by atoms with Gasteiger partial charge in [0.05, 0.1) is 12.7 Å². The number of fused-ring (bicyclic) bond motifs is 4. The van der Waals surface area contributed by atoms with Crippen LogP contribution >= 0.6 is 11.6 Å². The lowest BCUT2D eigenvalue weighted by Crippen LogP contribution is -2.43. The van der Waals surface area contributed by atoms with Crippen molar-refractivity contribution in [2.24, 2.45) is 0 Å². The summed E-state index contributed by atoms with van der Waals surface area (Å²) in [4.78, 5) is 25.7. The summed E-state index contributed by atoms with van der Waals surface area (Å²) in [6.07, 6.45) is 1.67. The van der Waals surface area contributed by atoms with Crippen LogP contribution in [0.1, 0.15) is 28.7 Å². The van der Waals surface area contributed by atoms with E-state index in [1.807, 2.05) is 31.2 Å². The molecule has 3 aromatic rings. The van der Waals surface area contributed by atoms with E-state index < -0.39 is 5.41 Å². The minimum Gasteiger partial charge on any atom is -0.325 e. The number of benzene rings is 2. The van der Waals surface area contributed by atoms with Crippen molar-refractivity contribution in [3.8, 4) is 0 Å². The average molecular weight is 393 g/mol. The molecule has 28 heavy (non-hydrogen) atoms. The molecule has 1 atom stereocenters. The third kappa shape index (κ3) is 2.31. The zero-order valence-corrected chi connectivity index (χ0v) is 15.9. The van der Waals surface area contributed by atoms with Crippen molar-refractivity contribution < 1.29 is 9.59 Å². The van der Waals surface area contributed by atoms with Crippen LogP contribution in [0.25, 0.3) is 0 Å². The van der Waals surface area contributed by atoms with Gasteiger partial charge in [0.25, 0.3) is 0 Å². The Balaban J connectivity index is 1.66. The Labute approximate surface area is 166 Å². The zero-order valence-electron chi connectivity index (χ0n) is 15.1. The van der Waals surface area contributed by atoms with E-state index in [2.05, 4.69) is 15.7 Å². The Hall–Kier alpha value is -3.12. The predicted molar refractivity (Wildman–Crippen MR) is 107 cm³/mol. The molecule has 0 saturated carbocycles. The van der Waals surface area contributed by atoms with E-state index in [1.165, 1.54) is 5.56 Å². The molecule has 0 saturated heterocycles. The van der Waals surface area contributed by atoms with Crippen LogP contribution in [0.3, 0.4) is 0 Å². The summed E-state index contributed by atoms with van der Waals surface area (Å²) >= 11 is 6.47. The first-order valence-electron chi connectivity index (χ1n) is 9.01. The molecular weight excluding hydrogens is 376 g/mol. The van der Waals surface area contributed by atoms with E-state index in [0.717, 1.165) is 5.56 Å². The molecular formula is C21H17ClN4O2. The number of nitrogens with zero attached hydrogens (tertiary/aromatic N) is 2. The molecule has 1 unspecified atom stereocenters. The predicted octanol–water partition coefficient (Wildman–Crippen LogP) is 3.47. The van der Waals surface area contributed by atoms with Gasteiger partial charge in [0.15, 0.2) is 0 Å².